The van der Waals surface area contributed by atoms with Crippen molar-refractivity contribution in [2.75, 3.05) is 6.61 Å². The molecular weight excluding hydrogens is 204 g/mol. The fourth-order valence-electron chi connectivity index (χ4n) is 0.554. The lowest BCUT2D eigenvalue weighted by atomic mass is 10.3. The second-order valence-corrected chi connectivity index (χ2v) is 2.43. The highest BCUT2D eigenvalue weighted by Crippen LogP contribution is 1.98. The molecule has 0 amide bonds. The fourth-order valence-corrected chi connectivity index (χ4v) is 0.554. The molecule has 6 heteroatoms. The molecule has 0 radical (unpaired) electrons. The Morgan fingerprint density at radius 3 is 2.20 bits per heavy atom. The number of carbonyl (C=O) groups is 2. The zero-order valence-corrected chi connectivity index (χ0v) is 7.96. The van der Waals surface area contributed by atoms with Crippen molar-refractivity contribution in [2.24, 2.45) is 0 Å². The van der Waals surface area contributed by atoms with Crippen molar-refractivity contribution in [3.05, 3.63) is 25.3 Å². The molecule has 0 saturated carbocycles. The molecule has 0 aliphatic heterocycles. The van der Waals surface area contributed by atoms with Gasteiger partial charge in [-0.05, 0) is 0 Å². The van der Waals surface area contributed by atoms with E-state index in [0.717, 1.165) is 12.2 Å². The summed E-state index contributed by atoms with van der Waals surface area (Å²) >= 11 is 0. The number of hydrogen-bond donors (Lipinski definition) is 2. The van der Waals surface area contributed by atoms with Crippen LogP contribution in [0, 0.1) is 0 Å². The Morgan fingerprint density at radius 2 is 1.73 bits per heavy atom. The minimum Gasteiger partial charge on any atom is -0.460 e. The molecule has 2 atom stereocenters. The molecule has 0 bridgehead atoms. The van der Waals surface area contributed by atoms with E-state index in [4.69, 9.17) is 10.2 Å². The SMILES string of the molecule is C=CC(=O)OCC(O)C(O)OC(=O)C=C. The first kappa shape index (κ1) is 13.3. The first-order chi connectivity index (χ1) is 7.01. The minimum atomic E-state index is -1.77. The molecule has 0 fully saturated rings. The van der Waals surface area contributed by atoms with E-state index in [1.54, 1.807) is 0 Å². The van der Waals surface area contributed by atoms with Crippen LogP contribution < -0.4 is 0 Å². The molecule has 84 valence electrons. The largest absolute Gasteiger partial charge is 0.460 e. The summed E-state index contributed by atoms with van der Waals surface area (Å²) in [4.78, 5) is 21.1. The van der Waals surface area contributed by atoms with Crippen molar-refractivity contribution in [3.8, 4) is 0 Å². The van der Waals surface area contributed by atoms with Gasteiger partial charge in [0.15, 0.2) is 6.10 Å². The van der Waals surface area contributed by atoms with Gasteiger partial charge in [-0.25, -0.2) is 9.59 Å². The zero-order chi connectivity index (χ0) is 11.8. The quantitative estimate of drug-likeness (QED) is 0.340. The van der Waals surface area contributed by atoms with Gasteiger partial charge in [0.2, 0.25) is 6.29 Å². The highest BCUT2D eigenvalue weighted by molar-refractivity contribution is 5.81. The van der Waals surface area contributed by atoms with Crippen LogP contribution in [0.1, 0.15) is 0 Å². The third-order valence-corrected chi connectivity index (χ3v) is 1.30. The second-order valence-electron chi connectivity index (χ2n) is 2.43. The van der Waals surface area contributed by atoms with E-state index in [1.807, 2.05) is 0 Å². The van der Waals surface area contributed by atoms with Crippen molar-refractivity contribution in [3.63, 3.8) is 0 Å². The summed E-state index contributed by atoms with van der Waals surface area (Å²) in [6.07, 6.45) is -1.56. The molecular formula is C9H12O6. The summed E-state index contributed by atoms with van der Waals surface area (Å²) in [5.41, 5.74) is 0. The molecule has 0 rings (SSSR count). The predicted octanol–water partition coefficient (Wildman–Crippen LogP) is -0.876. The van der Waals surface area contributed by atoms with Gasteiger partial charge in [0.05, 0.1) is 0 Å². The molecule has 0 aromatic carbocycles. The second kappa shape index (κ2) is 6.74. The molecule has 15 heavy (non-hydrogen) atoms. The van der Waals surface area contributed by atoms with Gasteiger partial charge in [-0.1, -0.05) is 13.2 Å². The predicted molar refractivity (Wildman–Crippen MR) is 49.5 cm³/mol. The molecule has 0 aliphatic rings. The van der Waals surface area contributed by atoms with Gasteiger partial charge in [-0.3, -0.25) is 0 Å². The maximum atomic E-state index is 10.6. The number of hydrogen-bond acceptors (Lipinski definition) is 6. The number of ether oxygens (including phenoxy) is 2. The van der Waals surface area contributed by atoms with Gasteiger partial charge in [-0.2, -0.15) is 0 Å². The van der Waals surface area contributed by atoms with Crippen LogP contribution in [0.3, 0.4) is 0 Å². The molecule has 0 aromatic heterocycles. The number of carbonyl (C=O) groups excluding carboxylic acids is 2. The Labute approximate surface area is 86.4 Å². The molecule has 2 N–H and O–H groups in total. The lowest BCUT2D eigenvalue weighted by molar-refractivity contribution is -0.188. The van der Waals surface area contributed by atoms with Crippen molar-refractivity contribution in [2.45, 2.75) is 12.4 Å². The minimum absolute atomic E-state index is 0.504. The smallest absolute Gasteiger partial charge is 0.332 e. The lowest BCUT2D eigenvalue weighted by Crippen LogP contribution is -2.34. The lowest BCUT2D eigenvalue weighted by Gasteiger charge is -2.16. The first-order valence-corrected chi connectivity index (χ1v) is 3.99. The van der Waals surface area contributed by atoms with Crippen molar-refractivity contribution >= 4 is 11.9 Å². The highest BCUT2D eigenvalue weighted by Gasteiger charge is 2.20. The van der Waals surface area contributed by atoms with E-state index in [-0.39, 0.29) is 0 Å². The Hall–Kier alpha value is -1.66. The third-order valence-electron chi connectivity index (χ3n) is 1.30. The summed E-state index contributed by atoms with van der Waals surface area (Å²) in [6.45, 7) is 5.72. The zero-order valence-electron chi connectivity index (χ0n) is 7.96. The first-order valence-electron chi connectivity index (χ1n) is 3.99. The van der Waals surface area contributed by atoms with Crippen LogP contribution in [-0.4, -0.2) is 41.2 Å². The van der Waals surface area contributed by atoms with Crippen molar-refractivity contribution in [1.29, 1.82) is 0 Å². The number of esters is 2. The van der Waals surface area contributed by atoms with Crippen LogP contribution in [0.5, 0.6) is 0 Å². The summed E-state index contributed by atoms with van der Waals surface area (Å²) in [5, 5.41) is 18.2. The van der Waals surface area contributed by atoms with Crippen LogP contribution in [0.25, 0.3) is 0 Å². The average molecular weight is 216 g/mol. The average Bonchev–Trinajstić information content (AvgIpc) is 2.24. The maximum absolute atomic E-state index is 10.6. The molecule has 0 saturated heterocycles. The molecule has 0 spiro atoms. The highest BCUT2D eigenvalue weighted by atomic mass is 16.6. The van der Waals surface area contributed by atoms with Crippen LogP contribution >= 0.6 is 0 Å². The number of rotatable bonds is 6. The van der Waals surface area contributed by atoms with Crippen LogP contribution in [-0.2, 0) is 19.1 Å². The molecule has 0 heterocycles. The summed E-state index contributed by atoms with van der Waals surface area (Å²) in [7, 11) is 0. The van der Waals surface area contributed by atoms with E-state index in [9.17, 15) is 9.59 Å². The fraction of sp³-hybridized carbons (Fsp3) is 0.333. The molecule has 0 aliphatic carbocycles. The van der Waals surface area contributed by atoms with Crippen LogP contribution in [0.15, 0.2) is 25.3 Å². The van der Waals surface area contributed by atoms with Gasteiger partial charge in [0, 0.05) is 12.2 Å². The van der Waals surface area contributed by atoms with Gasteiger partial charge in [0.1, 0.15) is 6.61 Å². The van der Waals surface area contributed by atoms with Gasteiger partial charge in [0.25, 0.3) is 0 Å². The van der Waals surface area contributed by atoms with Crippen LogP contribution in [0.4, 0.5) is 0 Å². The van der Waals surface area contributed by atoms with Crippen molar-refractivity contribution < 1.29 is 29.3 Å². The Bertz CT molecular complexity index is 259. The molecule has 2 unspecified atom stereocenters. The Morgan fingerprint density at radius 1 is 1.20 bits per heavy atom. The number of aliphatic hydroxyl groups is 2. The summed E-state index contributed by atoms with van der Waals surface area (Å²) in [5.74, 6) is -1.65. The normalized spacial score (nSPS) is 13.5. The topological polar surface area (TPSA) is 93.1 Å². The standard InChI is InChI=1S/C9H12O6/c1-3-7(11)14-5-6(10)9(13)15-8(12)4-2/h3-4,6,9-10,13H,1-2,5H2. The van der Waals surface area contributed by atoms with E-state index < -0.39 is 30.9 Å². The van der Waals surface area contributed by atoms with Gasteiger partial charge < -0.3 is 19.7 Å². The Balaban J connectivity index is 3.92. The number of aliphatic hydroxyl groups excluding tert-OH is 2. The van der Waals surface area contributed by atoms with E-state index >= 15 is 0 Å². The van der Waals surface area contributed by atoms with E-state index in [0.29, 0.717) is 0 Å². The van der Waals surface area contributed by atoms with E-state index in [2.05, 4.69) is 22.6 Å². The van der Waals surface area contributed by atoms with Gasteiger partial charge >= 0.3 is 11.9 Å². The van der Waals surface area contributed by atoms with E-state index in [1.165, 1.54) is 0 Å². The maximum Gasteiger partial charge on any atom is 0.332 e. The molecule has 0 aromatic rings. The monoisotopic (exact) mass is 216 g/mol. The summed E-state index contributed by atoms with van der Waals surface area (Å²) in [6, 6.07) is 0. The summed E-state index contributed by atoms with van der Waals surface area (Å²) < 4.78 is 8.66. The Kier molecular flexibility index (Phi) is 6.00. The molecule has 6 nitrogen and oxygen atoms in total. The van der Waals surface area contributed by atoms with Gasteiger partial charge in [-0.15, -0.1) is 0 Å². The van der Waals surface area contributed by atoms with Crippen molar-refractivity contribution in [1.82, 2.24) is 0 Å². The van der Waals surface area contributed by atoms with Crippen LogP contribution in [0.2, 0.25) is 0 Å². The third kappa shape index (κ3) is 5.61.